The highest BCUT2D eigenvalue weighted by atomic mass is 32.1. The van der Waals surface area contributed by atoms with Crippen molar-refractivity contribution >= 4 is 28.6 Å². The molecule has 3 rings (SSSR count). The first-order chi connectivity index (χ1) is 11.0. The number of alkyl halides is 1. The van der Waals surface area contributed by atoms with Crippen LogP contribution in [0.15, 0.2) is 17.1 Å². The fourth-order valence-electron chi connectivity index (χ4n) is 2.89. The molecule has 1 saturated heterocycles. The van der Waals surface area contributed by atoms with Crippen molar-refractivity contribution in [2.75, 3.05) is 20.1 Å². The van der Waals surface area contributed by atoms with Crippen LogP contribution in [0, 0.1) is 6.92 Å². The third-order valence-electron chi connectivity index (χ3n) is 4.07. The number of rotatable bonds is 5. The Morgan fingerprint density at radius 2 is 2.30 bits per heavy atom. The van der Waals surface area contributed by atoms with E-state index in [1.165, 1.54) is 11.3 Å². The maximum Gasteiger partial charge on any atom is 0.265 e. The summed E-state index contributed by atoms with van der Waals surface area (Å²) in [6.07, 6.45) is 1.39. The van der Waals surface area contributed by atoms with Gasteiger partial charge in [0.25, 0.3) is 5.91 Å². The Morgan fingerprint density at radius 1 is 1.48 bits per heavy atom. The fraction of sp³-hybridized carbons (Fsp3) is 0.533. The number of hydrogen-bond acceptors (Lipinski definition) is 6. The normalized spacial score (nSPS) is 21.7. The van der Waals surface area contributed by atoms with E-state index < -0.39 is 6.17 Å². The molecule has 1 aliphatic heterocycles. The highest BCUT2D eigenvalue weighted by Crippen LogP contribution is 2.25. The van der Waals surface area contributed by atoms with Crippen LogP contribution in [-0.4, -0.2) is 58.0 Å². The van der Waals surface area contributed by atoms with E-state index in [2.05, 4.69) is 14.9 Å². The zero-order chi connectivity index (χ0) is 16.4. The molecule has 0 unspecified atom stereocenters. The number of aromatic nitrogens is 2. The summed E-state index contributed by atoms with van der Waals surface area (Å²) >= 11 is 2.93. The fourth-order valence-corrected chi connectivity index (χ4v) is 4.33. The zero-order valence-electron chi connectivity index (χ0n) is 13.1. The van der Waals surface area contributed by atoms with Crippen LogP contribution >= 0.6 is 22.7 Å². The van der Waals surface area contributed by atoms with E-state index >= 15 is 0 Å². The maximum absolute atomic E-state index is 13.9. The monoisotopic (exact) mass is 354 g/mol. The smallest absolute Gasteiger partial charge is 0.265 e. The lowest BCUT2D eigenvalue weighted by atomic mass is 10.2. The third-order valence-corrected chi connectivity index (χ3v) is 5.75. The Balaban J connectivity index is 1.65. The van der Waals surface area contributed by atoms with Gasteiger partial charge in [-0.25, -0.2) is 14.4 Å². The Hall–Kier alpha value is -1.38. The van der Waals surface area contributed by atoms with Crippen molar-refractivity contribution in [2.24, 2.45) is 0 Å². The summed E-state index contributed by atoms with van der Waals surface area (Å²) in [5, 5.41) is 2.91. The van der Waals surface area contributed by atoms with Crippen molar-refractivity contribution in [3.8, 4) is 0 Å². The van der Waals surface area contributed by atoms with Crippen molar-refractivity contribution in [2.45, 2.75) is 32.1 Å². The van der Waals surface area contributed by atoms with Crippen LogP contribution in [0.2, 0.25) is 0 Å². The molecule has 2 aromatic heterocycles. The van der Waals surface area contributed by atoms with Crippen LogP contribution < -0.4 is 0 Å². The number of hydrogen-bond donors (Lipinski definition) is 0. The van der Waals surface area contributed by atoms with Gasteiger partial charge < -0.3 is 4.90 Å². The highest BCUT2D eigenvalue weighted by molar-refractivity contribution is 7.11. The van der Waals surface area contributed by atoms with Gasteiger partial charge in [0.2, 0.25) is 0 Å². The first-order valence-electron chi connectivity index (χ1n) is 7.46. The summed E-state index contributed by atoms with van der Waals surface area (Å²) in [7, 11) is 1.77. The van der Waals surface area contributed by atoms with Gasteiger partial charge in [-0.05, 0) is 13.3 Å². The minimum atomic E-state index is -0.839. The van der Waals surface area contributed by atoms with Gasteiger partial charge in [-0.1, -0.05) is 0 Å². The molecule has 124 valence electrons. The molecule has 3 heterocycles. The Morgan fingerprint density at radius 3 is 2.96 bits per heavy atom. The zero-order valence-corrected chi connectivity index (χ0v) is 14.7. The molecular formula is C15H19FN4OS2. The van der Waals surface area contributed by atoms with E-state index in [4.69, 9.17) is 0 Å². The van der Waals surface area contributed by atoms with Crippen molar-refractivity contribution in [3.05, 3.63) is 32.7 Å². The lowest BCUT2D eigenvalue weighted by molar-refractivity contribution is 0.0753. The molecule has 8 heteroatoms. The summed E-state index contributed by atoms with van der Waals surface area (Å²) in [6, 6.07) is 0.0241. The number of thiazole rings is 2. The summed E-state index contributed by atoms with van der Waals surface area (Å²) in [5.41, 5.74) is 2.43. The quantitative estimate of drug-likeness (QED) is 0.828. The molecule has 0 aliphatic carbocycles. The second kappa shape index (κ2) is 7.02. The van der Waals surface area contributed by atoms with E-state index in [1.54, 1.807) is 35.0 Å². The van der Waals surface area contributed by atoms with E-state index in [-0.39, 0.29) is 11.9 Å². The second-order valence-corrected chi connectivity index (χ2v) is 7.63. The Kier molecular flexibility index (Phi) is 5.03. The van der Waals surface area contributed by atoms with Gasteiger partial charge in [0, 0.05) is 37.8 Å². The van der Waals surface area contributed by atoms with E-state index in [1.807, 2.05) is 12.3 Å². The van der Waals surface area contributed by atoms with Crippen LogP contribution in [0.1, 0.15) is 26.8 Å². The third kappa shape index (κ3) is 3.76. The lowest BCUT2D eigenvalue weighted by Gasteiger charge is -2.27. The van der Waals surface area contributed by atoms with E-state index in [9.17, 15) is 9.18 Å². The standard InChI is InChI=1S/C15H19FN4OS2/c1-10-14(23-9-18-10)15(21)19(2)7-12-5-11(16)6-20(12)8-13-17-3-4-22-13/h3-4,9,11-12H,5-8H2,1-2H3/t11-,12-/m0/s1. The average Bonchev–Trinajstić information content (AvgIpc) is 3.22. The minimum absolute atomic E-state index is 0.0241. The molecule has 0 bridgehead atoms. The molecule has 1 amide bonds. The number of likely N-dealkylation sites (tertiary alicyclic amines) is 1. The maximum atomic E-state index is 13.9. The van der Waals surface area contributed by atoms with Crippen LogP contribution in [0.25, 0.3) is 0 Å². The molecular weight excluding hydrogens is 335 g/mol. The molecule has 2 atom stereocenters. The minimum Gasteiger partial charge on any atom is -0.339 e. The van der Waals surface area contributed by atoms with Crippen molar-refractivity contribution in [1.82, 2.24) is 19.8 Å². The van der Waals surface area contributed by atoms with Gasteiger partial charge in [0.1, 0.15) is 16.1 Å². The van der Waals surface area contributed by atoms with Gasteiger partial charge >= 0.3 is 0 Å². The predicted molar refractivity (Wildman–Crippen MR) is 89.6 cm³/mol. The summed E-state index contributed by atoms with van der Waals surface area (Å²) in [4.78, 5) is 25.3. The average molecular weight is 354 g/mol. The van der Waals surface area contributed by atoms with Gasteiger partial charge in [0.15, 0.2) is 0 Å². The number of amides is 1. The molecule has 0 radical (unpaired) electrons. The number of nitrogens with zero attached hydrogens (tertiary/aromatic N) is 4. The summed E-state index contributed by atoms with van der Waals surface area (Å²) in [5.74, 6) is -0.0403. The predicted octanol–water partition coefficient (Wildman–Crippen LogP) is 2.59. The Labute approximate surface area is 142 Å². The molecule has 0 aromatic carbocycles. The Bertz CT molecular complexity index is 660. The number of carbonyl (C=O) groups is 1. The first-order valence-corrected chi connectivity index (χ1v) is 9.22. The number of aryl methyl sites for hydroxylation is 1. The van der Waals surface area contributed by atoms with Crippen molar-refractivity contribution in [3.63, 3.8) is 0 Å². The summed E-state index contributed by atoms with van der Waals surface area (Å²) < 4.78 is 13.9. The number of halogens is 1. The molecule has 1 fully saturated rings. The molecule has 0 saturated carbocycles. The van der Waals surface area contributed by atoms with Crippen molar-refractivity contribution < 1.29 is 9.18 Å². The molecule has 0 spiro atoms. The lowest BCUT2D eigenvalue weighted by Crippen LogP contribution is -2.40. The number of likely N-dealkylation sites (N-methyl/N-ethyl adjacent to an activating group) is 1. The second-order valence-electron chi connectivity index (χ2n) is 5.79. The van der Waals surface area contributed by atoms with Crippen molar-refractivity contribution in [1.29, 1.82) is 0 Å². The van der Waals surface area contributed by atoms with E-state index in [0.29, 0.717) is 30.9 Å². The van der Waals surface area contributed by atoms with E-state index in [0.717, 1.165) is 10.7 Å². The van der Waals surface area contributed by atoms with Gasteiger partial charge in [-0.15, -0.1) is 22.7 Å². The molecule has 1 aliphatic rings. The highest BCUT2D eigenvalue weighted by Gasteiger charge is 2.34. The molecule has 2 aromatic rings. The largest absolute Gasteiger partial charge is 0.339 e. The molecule has 5 nitrogen and oxygen atoms in total. The SMILES string of the molecule is Cc1ncsc1C(=O)N(C)C[C@@H]1C[C@H](F)CN1Cc1nccs1. The van der Waals surface area contributed by atoms with Gasteiger partial charge in [0.05, 0.1) is 17.7 Å². The van der Waals surface area contributed by atoms with Crippen LogP contribution in [-0.2, 0) is 6.54 Å². The van der Waals surface area contributed by atoms with Gasteiger partial charge in [-0.2, -0.15) is 0 Å². The first kappa shape index (κ1) is 16.5. The topological polar surface area (TPSA) is 49.3 Å². The van der Waals surface area contributed by atoms with Crippen LogP contribution in [0.5, 0.6) is 0 Å². The number of carbonyl (C=O) groups excluding carboxylic acids is 1. The summed E-state index contributed by atoms with van der Waals surface area (Å²) in [6.45, 7) is 3.40. The van der Waals surface area contributed by atoms with Crippen LogP contribution in [0.4, 0.5) is 4.39 Å². The molecule has 23 heavy (non-hydrogen) atoms. The van der Waals surface area contributed by atoms with Crippen LogP contribution in [0.3, 0.4) is 0 Å². The molecule has 0 N–H and O–H groups in total. The van der Waals surface area contributed by atoms with Gasteiger partial charge in [-0.3, -0.25) is 9.69 Å².